The van der Waals surface area contributed by atoms with Gasteiger partial charge < -0.3 is 10.1 Å². The quantitative estimate of drug-likeness (QED) is 0.690. The van der Waals surface area contributed by atoms with Gasteiger partial charge >= 0.3 is 0 Å². The molecule has 0 radical (unpaired) electrons. The summed E-state index contributed by atoms with van der Waals surface area (Å²) in [5.74, 6) is 1.73. The summed E-state index contributed by atoms with van der Waals surface area (Å²) in [5.41, 5.74) is 2.40. The van der Waals surface area contributed by atoms with E-state index in [1.807, 2.05) is 48.5 Å². The van der Waals surface area contributed by atoms with E-state index >= 15 is 0 Å². The Morgan fingerprint density at radius 3 is 2.59 bits per heavy atom. The van der Waals surface area contributed by atoms with Gasteiger partial charge in [-0.2, -0.15) is 0 Å². The Hall–Kier alpha value is -3.32. The first-order valence-corrected chi connectivity index (χ1v) is 9.48. The summed E-state index contributed by atoms with van der Waals surface area (Å²) in [5, 5.41) is 7.11. The summed E-state index contributed by atoms with van der Waals surface area (Å²) in [6.07, 6.45) is -0.443. The lowest BCUT2D eigenvalue weighted by atomic mass is 10.1. The van der Waals surface area contributed by atoms with Gasteiger partial charge in [-0.3, -0.25) is 14.7 Å². The molecule has 0 saturated heterocycles. The molecular weight excluding hydrogens is 390 g/mol. The lowest BCUT2D eigenvalue weighted by Crippen LogP contribution is -2.48. The molecular formula is C21H20ClN5O2. The number of halogens is 1. The van der Waals surface area contributed by atoms with Crippen LogP contribution < -0.4 is 20.9 Å². The molecule has 0 aliphatic carbocycles. The number of ether oxygens (including phenoxy) is 1. The van der Waals surface area contributed by atoms with Crippen molar-refractivity contribution in [2.75, 3.05) is 12.4 Å². The van der Waals surface area contributed by atoms with Crippen molar-refractivity contribution in [2.45, 2.75) is 19.6 Å². The number of methoxy groups -OCH3 is 1. The number of fused-ring (bicyclic) bond motifs is 1. The van der Waals surface area contributed by atoms with Gasteiger partial charge in [0.1, 0.15) is 11.9 Å². The first kappa shape index (κ1) is 19.0. The van der Waals surface area contributed by atoms with Crippen molar-refractivity contribution in [3.05, 3.63) is 86.8 Å². The van der Waals surface area contributed by atoms with Crippen molar-refractivity contribution in [2.24, 2.45) is 4.99 Å². The minimum Gasteiger partial charge on any atom is -0.497 e. The second kappa shape index (κ2) is 7.97. The van der Waals surface area contributed by atoms with E-state index in [-0.39, 0.29) is 5.56 Å². The maximum atomic E-state index is 12.7. The average Bonchev–Trinajstić information content (AvgIpc) is 2.72. The van der Waals surface area contributed by atoms with E-state index in [4.69, 9.17) is 16.3 Å². The number of guanidine groups is 1. The van der Waals surface area contributed by atoms with Crippen LogP contribution in [0.2, 0.25) is 5.02 Å². The van der Waals surface area contributed by atoms with Gasteiger partial charge in [0.2, 0.25) is 5.95 Å². The highest BCUT2D eigenvalue weighted by atomic mass is 35.5. The zero-order valence-corrected chi connectivity index (χ0v) is 16.8. The summed E-state index contributed by atoms with van der Waals surface area (Å²) >= 11 is 5.94. The fraction of sp³-hybridized carbons (Fsp3) is 0.190. The Kier molecular flexibility index (Phi) is 5.22. The molecule has 0 bridgehead atoms. The minimum absolute atomic E-state index is 0.148. The topological polar surface area (TPSA) is 80.5 Å². The average molecular weight is 410 g/mol. The van der Waals surface area contributed by atoms with Gasteiger partial charge in [-0.05, 0) is 42.3 Å². The van der Waals surface area contributed by atoms with Gasteiger partial charge in [0.25, 0.3) is 5.56 Å². The molecule has 4 rings (SSSR count). The van der Waals surface area contributed by atoms with E-state index in [9.17, 15) is 4.79 Å². The van der Waals surface area contributed by atoms with Crippen LogP contribution in [0, 0.1) is 6.92 Å². The Bertz CT molecular complexity index is 1110. The zero-order chi connectivity index (χ0) is 20.4. The fourth-order valence-corrected chi connectivity index (χ4v) is 3.27. The third-order valence-electron chi connectivity index (χ3n) is 4.61. The molecule has 1 aromatic heterocycles. The number of rotatable bonds is 4. The molecule has 0 amide bonds. The van der Waals surface area contributed by atoms with Gasteiger partial charge in [0.05, 0.1) is 13.7 Å². The Labute approximate surface area is 173 Å². The van der Waals surface area contributed by atoms with E-state index in [0.29, 0.717) is 29.2 Å². The van der Waals surface area contributed by atoms with Crippen LogP contribution in [0.3, 0.4) is 0 Å². The molecule has 0 saturated carbocycles. The number of hydrogen-bond donors (Lipinski definition) is 2. The Morgan fingerprint density at radius 1 is 1.17 bits per heavy atom. The highest BCUT2D eigenvalue weighted by Crippen LogP contribution is 2.23. The fourth-order valence-electron chi connectivity index (χ4n) is 3.14. The van der Waals surface area contributed by atoms with Gasteiger partial charge in [-0.25, -0.2) is 9.98 Å². The van der Waals surface area contributed by atoms with Crippen LogP contribution in [-0.4, -0.2) is 22.6 Å². The Balaban J connectivity index is 1.70. The highest BCUT2D eigenvalue weighted by molar-refractivity contribution is 6.30. The van der Waals surface area contributed by atoms with Crippen LogP contribution in [0.5, 0.6) is 5.75 Å². The highest BCUT2D eigenvalue weighted by Gasteiger charge is 2.26. The van der Waals surface area contributed by atoms with E-state index in [0.717, 1.165) is 16.9 Å². The number of anilines is 1. The third-order valence-corrected chi connectivity index (χ3v) is 4.86. The van der Waals surface area contributed by atoms with Gasteiger partial charge in [0.15, 0.2) is 5.96 Å². The Morgan fingerprint density at radius 2 is 1.90 bits per heavy atom. The third kappa shape index (κ3) is 4.09. The second-order valence-corrected chi connectivity index (χ2v) is 7.10. The number of hydrogen-bond acceptors (Lipinski definition) is 4. The number of aliphatic imine (C=N–C) groups is 1. The van der Waals surface area contributed by atoms with E-state index in [1.165, 1.54) is 6.07 Å². The lowest BCUT2D eigenvalue weighted by molar-refractivity contribution is 0.414. The molecule has 1 atom stereocenters. The van der Waals surface area contributed by atoms with Gasteiger partial charge in [-0.1, -0.05) is 35.9 Å². The zero-order valence-electron chi connectivity index (χ0n) is 16.0. The molecule has 148 valence electrons. The van der Waals surface area contributed by atoms with E-state index < -0.39 is 6.17 Å². The predicted molar refractivity (Wildman–Crippen MR) is 114 cm³/mol. The summed E-state index contributed by atoms with van der Waals surface area (Å²) in [6.45, 7) is 2.25. The van der Waals surface area contributed by atoms with Gasteiger partial charge in [0, 0.05) is 16.8 Å². The second-order valence-electron chi connectivity index (χ2n) is 6.67. The molecule has 0 unspecified atom stereocenters. The molecule has 2 N–H and O–H groups in total. The SMILES string of the molecule is COc1ccc([C@H]2NC(=NCc3ccc(Cl)cc3)Nc3nc(C)cc(=O)n32)cc1. The standard InChI is InChI=1S/C21H20ClN5O2/c1-13-11-18(28)27-19(15-5-9-17(29-2)10-6-15)25-20(26-21(27)24-13)23-12-14-3-7-16(22)8-4-14/h3-11,19H,12H2,1-2H3,(H2,23,24,25,26)/t19-/m0/s1. The van der Waals surface area contributed by atoms with Crippen LogP contribution in [0.4, 0.5) is 5.95 Å². The molecule has 2 aromatic carbocycles. The normalized spacial score (nSPS) is 16.7. The molecule has 8 heteroatoms. The van der Waals surface area contributed by atoms with Crippen LogP contribution in [0.1, 0.15) is 23.0 Å². The maximum Gasteiger partial charge on any atom is 0.257 e. The first-order chi connectivity index (χ1) is 14.0. The number of nitrogens with zero attached hydrogens (tertiary/aromatic N) is 3. The lowest BCUT2D eigenvalue weighted by Gasteiger charge is -2.31. The molecule has 2 heterocycles. The number of benzene rings is 2. The smallest absolute Gasteiger partial charge is 0.257 e. The maximum absolute atomic E-state index is 12.7. The number of nitrogens with one attached hydrogen (secondary N) is 2. The minimum atomic E-state index is -0.443. The van der Waals surface area contributed by atoms with Crippen molar-refractivity contribution in [1.29, 1.82) is 0 Å². The van der Waals surface area contributed by atoms with Crippen molar-refractivity contribution in [1.82, 2.24) is 14.9 Å². The molecule has 0 fully saturated rings. The van der Waals surface area contributed by atoms with Crippen LogP contribution >= 0.6 is 11.6 Å². The molecule has 3 aromatic rings. The molecule has 7 nitrogen and oxygen atoms in total. The summed E-state index contributed by atoms with van der Waals surface area (Å²) in [7, 11) is 1.62. The van der Waals surface area contributed by atoms with Crippen LogP contribution in [0.15, 0.2) is 64.4 Å². The van der Waals surface area contributed by atoms with E-state index in [2.05, 4.69) is 20.6 Å². The summed E-state index contributed by atoms with van der Waals surface area (Å²) in [4.78, 5) is 21.8. The van der Waals surface area contributed by atoms with Crippen molar-refractivity contribution in [3.8, 4) is 5.75 Å². The largest absolute Gasteiger partial charge is 0.497 e. The van der Waals surface area contributed by atoms with Crippen molar-refractivity contribution < 1.29 is 4.74 Å². The van der Waals surface area contributed by atoms with E-state index in [1.54, 1.807) is 18.6 Å². The number of aromatic nitrogens is 2. The summed E-state index contributed by atoms with van der Waals surface area (Å²) < 4.78 is 6.82. The molecule has 1 aliphatic heterocycles. The first-order valence-electron chi connectivity index (χ1n) is 9.10. The molecule has 29 heavy (non-hydrogen) atoms. The molecule has 0 spiro atoms. The van der Waals surface area contributed by atoms with Crippen LogP contribution in [0.25, 0.3) is 0 Å². The van der Waals surface area contributed by atoms with Crippen molar-refractivity contribution in [3.63, 3.8) is 0 Å². The van der Waals surface area contributed by atoms with Crippen LogP contribution in [-0.2, 0) is 6.54 Å². The number of aryl methyl sites for hydroxylation is 1. The summed E-state index contributed by atoms with van der Waals surface area (Å²) in [6, 6.07) is 16.6. The predicted octanol–water partition coefficient (Wildman–Crippen LogP) is 3.33. The van der Waals surface area contributed by atoms with Gasteiger partial charge in [-0.15, -0.1) is 0 Å². The van der Waals surface area contributed by atoms with Crippen molar-refractivity contribution >= 4 is 23.5 Å². The molecule has 1 aliphatic rings. The monoisotopic (exact) mass is 409 g/mol.